The van der Waals surface area contributed by atoms with Gasteiger partial charge in [-0.3, -0.25) is 4.79 Å². The molecule has 2 aromatic rings. The molecule has 2 N–H and O–H groups in total. The molecule has 0 aliphatic rings. The lowest BCUT2D eigenvalue weighted by Crippen LogP contribution is -2.33. The molecule has 21 heavy (non-hydrogen) atoms. The number of benzene rings is 1. The molecule has 0 saturated heterocycles. The van der Waals surface area contributed by atoms with Crippen LogP contribution in [0, 0.1) is 6.92 Å². The molecule has 0 fully saturated rings. The Morgan fingerprint density at radius 2 is 2.10 bits per heavy atom. The van der Waals surface area contributed by atoms with Gasteiger partial charge in [0.1, 0.15) is 18.2 Å². The smallest absolute Gasteiger partial charge is 0.251 e. The Kier molecular flexibility index (Phi) is 5.51. The molecule has 0 amide bonds. The third-order valence-corrected chi connectivity index (χ3v) is 3.02. The Labute approximate surface area is 124 Å². The number of H-pyrrole nitrogens is 1. The summed E-state index contributed by atoms with van der Waals surface area (Å²) in [5, 5.41) is 3.35. The Balaban J connectivity index is 1.71. The second-order valence-corrected chi connectivity index (χ2v) is 5.06. The lowest BCUT2D eigenvalue weighted by molar-refractivity contribution is 0.274. The average Bonchev–Trinajstić information content (AvgIpc) is 2.45. The van der Waals surface area contributed by atoms with Gasteiger partial charge in [-0.2, -0.15) is 0 Å². The standard InChI is InChI=1S/C16H21N3O2/c1-12-10-16(20)19-15(18-12)8-9-17-13(2)11-21-14-6-4-3-5-7-14/h3-7,10,13,17H,8-9,11H2,1-2H3,(H,18,19,20)/t13-/m0/s1. The topological polar surface area (TPSA) is 67.0 Å². The monoisotopic (exact) mass is 287 g/mol. The minimum absolute atomic E-state index is 0.0991. The summed E-state index contributed by atoms with van der Waals surface area (Å²) in [6.07, 6.45) is 0.687. The predicted octanol–water partition coefficient (Wildman–Crippen LogP) is 1.68. The van der Waals surface area contributed by atoms with E-state index in [1.807, 2.05) is 37.3 Å². The van der Waals surface area contributed by atoms with Crippen molar-refractivity contribution < 1.29 is 4.74 Å². The van der Waals surface area contributed by atoms with Crippen LogP contribution in [0.25, 0.3) is 0 Å². The van der Waals surface area contributed by atoms with Crippen molar-refractivity contribution in [1.82, 2.24) is 15.3 Å². The molecule has 0 unspecified atom stereocenters. The molecule has 0 aliphatic heterocycles. The van der Waals surface area contributed by atoms with Gasteiger partial charge in [0.2, 0.25) is 0 Å². The van der Waals surface area contributed by atoms with Crippen LogP contribution in [0.15, 0.2) is 41.2 Å². The largest absolute Gasteiger partial charge is 0.492 e. The van der Waals surface area contributed by atoms with E-state index in [0.717, 1.165) is 18.0 Å². The Morgan fingerprint density at radius 1 is 1.33 bits per heavy atom. The van der Waals surface area contributed by atoms with Crippen molar-refractivity contribution in [3.63, 3.8) is 0 Å². The van der Waals surface area contributed by atoms with Crippen LogP contribution in [-0.4, -0.2) is 29.2 Å². The average molecular weight is 287 g/mol. The van der Waals surface area contributed by atoms with Gasteiger partial charge in [-0.05, 0) is 26.0 Å². The van der Waals surface area contributed by atoms with Gasteiger partial charge >= 0.3 is 0 Å². The van der Waals surface area contributed by atoms with E-state index >= 15 is 0 Å². The second kappa shape index (κ2) is 7.59. The van der Waals surface area contributed by atoms with Crippen LogP contribution in [0.2, 0.25) is 0 Å². The molecule has 2 rings (SSSR count). The van der Waals surface area contributed by atoms with Crippen molar-refractivity contribution in [2.24, 2.45) is 0 Å². The number of aryl methyl sites for hydroxylation is 1. The molecule has 0 aliphatic carbocycles. The van der Waals surface area contributed by atoms with Gasteiger partial charge in [0.05, 0.1) is 0 Å². The minimum Gasteiger partial charge on any atom is -0.492 e. The first kappa shape index (κ1) is 15.3. The van der Waals surface area contributed by atoms with Gasteiger partial charge in [0, 0.05) is 30.8 Å². The van der Waals surface area contributed by atoms with Crippen molar-refractivity contribution in [3.05, 3.63) is 58.3 Å². The number of aromatic nitrogens is 2. The summed E-state index contributed by atoms with van der Waals surface area (Å²) in [5.41, 5.74) is 0.646. The lowest BCUT2D eigenvalue weighted by atomic mass is 10.3. The molecule has 0 radical (unpaired) electrons. The molecule has 0 bridgehead atoms. The maximum atomic E-state index is 11.3. The zero-order valence-corrected chi connectivity index (χ0v) is 12.4. The maximum Gasteiger partial charge on any atom is 0.251 e. The summed E-state index contributed by atoms with van der Waals surface area (Å²) in [5.74, 6) is 1.58. The normalized spacial score (nSPS) is 12.1. The molecular weight excluding hydrogens is 266 g/mol. The summed E-state index contributed by atoms with van der Waals surface area (Å²) in [4.78, 5) is 18.4. The van der Waals surface area contributed by atoms with Crippen LogP contribution in [0.3, 0.4) is 0 Å². The number of ether oxygens (including phenoxy) is 1. The molecule has 5 heteroatoms. The highest BCUT2D eigenvalue weighted by atomic mass is 16.5. The number of nitrogens with zero attached hydrogens (tertiary/aromatic N) is 1. The third kappa shape index (κ3) is 5.39. The van der Waals surface area contributed by atoms with Crippen molar-refractivity contribution in [3.8, 4) is 5.75 Å². The molecule has 112 valence electrons. The van der Waals surface area contributed by atoms with E-state index in [-0.39, 0.29) is 11.6 Å². The Morgan fingerprint density at radius 3 is 2.81 bits per heavy atom. The van der Waals surface area contributed by atoms with Crippen molar-refractivity contribution in [2.45, 2.75) is 26.3 Å². The first-order valence-corrected chi connectivity index (χ1v) is 7.11. The van der Waals surface area contributed by atoms with E-state index in [2.05, 4.69) is 22.2 Å². The molecule has 1 heterocycles. The van der Waals surface area contributed by atoms with E-state index in [0.29, 0.717) is 18.9 Å². The minimum atomic E-state index is -0.0991. The molecule has 1 atom stereocenters. The van der Waals surface area contributed by atoms with Gasteiger partial charge < -0.3 is 15.0 Å². The first-order chi connectivity index (χ1) is 10.1. The zero-order chi connectivity index (χ0) is 15.1. The number of nitrogens with one attached hydrogen (secondary N) is 2. The zero-order valence-electron chi connectivity index (χ0n) is 12.4. The van der Waals surface area contributed by atoms with E-state index in [1.165, 1.54) is 6.07 Å². The van der Waals surface area contributed by atoms with Crippen molar-refractivity contribution in [2.75, 3.05) is 13.2 Å². The van der Waals surface area contributed by atoms with Crippen LogP contribution in [-0.2, 0) is 6.42 Å². The SMILES string of the molecule is Cc1cc(=O)[nH]c(CCN[C@@H](C)COc2ccccc2)n1. The highest BCUT2D eigenvalue weighted by Gasteiger charge is 2.04. The van der Waals surface area contributed by atoms with Crippen LogP contribution >= 0.6 is 0 Å². The highest BCUT2D eigenvalue weighted by molar-refractivity contribution is 5.20. The van der Waals surface area contributed by atoms with E-state index in [9.17, 15) is 4.79 Å². The van der Waals surface area contributed by atoms with Gasteiger partial charge in [-0.1, -0.05) is 18.2 Å². The summed E-state index contributed by atoms with van der Waals surface area (Å²) < 4.78 is 5.67. The fourth-order valence-electron chi connectivity index (χ4n) is 1.99. The summed E-state index contributed by atoms with van der Waals surface area (Å²) >= 11 is 0. The fourth-order valence-corrected chi connectivity index (χ4v) is 1.99. The lowest BCUT2D eigenvalue weighted by Gasteiger charge is -2.14. The molecule has 0 spiro atoms. The second-order valence-electron chi connectivity index (χ2n) is 5.06. The van der Waals surface area contributed by atoms with Crippen molar-refractivity contribution >= 4 is 0 Å². The van der Waals surface area contributed by atoms with E-state index < -0.39 is 0 Å². The van der Waals surface area contributed by atoms with E-state index in [1.54, 1.807) is 0 Å². The van der Waals surface area contributed by atoms with Gasteiger partial charge in [-0.15, -0.1) is 0 Å². The maximum absolute atomic E-state index is 11.3. The molecule has 1 aromatic heterocycles. The molecular formula is C16H21N3O2. The number of rotatable bonds is 7. The highest BCUT2D eigenvalue weighted by Crippen LogP contribution is 2.08. The number of aromatic amines is 1. The fraction of sp³-hybridized carbons (Fsp3) is 0.375. The number of hydrogen-bond donors (Lipinski definition) is 2. The molecule has 1 aromatic carbocycles. The van der Waals surface area contributed by atoms with Gasteiger partial charge in [0.25, 0.3) is 5.56 Å². The number of hydrogen-bond acceptors (Lipinski definition) is 4. The molecule has 0 saturated carbocycles. The van der Waals surface area contributed by atoms with Gasteiger partial charge in [-0.25, -0.2) is 4.98 Å². The number of para-hydroxylation sites is 1. The summed E-state index contributed by atoms with van der Waals surface area (Å²) in [7, 11) is 0. The van der Waals surface area contributed by atoms with Gasteiger partial charge in [0.15, 0.2) is 0 Å². The molecule has 5 nitrogen and oxygen atoms in total. The van der Waals surface area contributed by atoms with Crippen LogP contribution in [0.1, 0.15) is 18.4 Å². The first-order valence-electron chi connectivity index (χ1n) is 7.11. The van der Waals surface area contributed by atoms with Crippen LogP contribution < -0.4 is 15.6 Å². The predicted molar refractivity (Wildman–Crippen MR) is 82.7 cm³/mol. The van der Waals surface area contributed by atoms with Crippen LogP contribution in [0.5, 0.6) is 5.75 Å². The van der Waals surface area contributed by atoms with E-state index in [4.69, 9.17) is 4.74 Å². The Hall–Kier alpha value is -2.14. The quantitative estimate of drug-likeness (QED) is 0.813. The summed E-state index contributed by atoms with van der Waals surface area (Å²) in [6, 6.07) is 11.5. The van der Waals surface area contributed by atoms with Crippen molar-refractivity contribution in [1.29, 1.82) is 0 Å². The van der Waals surface area contributed by atoms with Crippen LogP contribution in [0.4, 0.5) is 0 Å². The Bertz CT molecular complexity index is 610. The summed E-state index contributed by atoms with van der Waals surface area (Å²) in [6.45, 7) is 5.23. The third-order valence-electron chi connectivity index (χ3n) is 3.02.